The van der Waals surface area contributed by atoms with Crippen molar-refractivity contribution in [3.05, 3.63) is 87.8 Å². The zero-order chi connectivity index (χ0) is 28.3. The summed E-state index contributed by atoms with van der Waals surface area (Å²) in [5.41, 5.74) is 4.49. The van der Waals surface area contributed by atoms with Crippen molar-refractivity contribution in [1.29, 1.82) is 0 Å². The summed E-state index contributed by atoms with van der Waals surface area (Å²) in [7, 11) is 1.31. The van der Waals surface area contributed by atoms with E-state index in [0.717, 1.165) is 48.4 Å². The standard InChI is InChI=1S/C30H34N6O4/c1-4-20-10-12-23(13-11-20)36-18-25(28(38)34-40-3)26(37)24-17-31-29(33-27(24)36)32-22-9-6-8-21(16-22)30(39)14-7-15-35(5-2)19-30/h6,8-13,16-18,39H,4-5,7,14-15,19H2,1-3H3,(H,34,38)(H,31,32,33). The summed E-state index contributed by atoms with van der Waals surface area (Å²) in [5, 5.41) is 14.9. The smallest absolute Gasteiger partial charge is 0.280 e. The second-order valence-corrected chi connectivity index (χ2v) is 10.0. The maximum absolute atomic E-state index is 13.2. The number of aliphatic hydroxyl groups is 1. The summed E-state index contributed by atoms with van der Waals surface area (Å²) in [6.45, 7) is 6.64. The number of fused-ring (bicyclic) bond motifs is 1. The highest BCUT2D eigenvalue weighted by atomic mass is 16.6. The van der Waals surface area contributed by atoms with E-state index in [1.807, 2.05) is 48.5 Å². The maximum Gasteiger partial charge on any atom is 0.280 e. The number of hydroxylamine groups is 1. The second kappa shape index (κ2) is 11.5. The van der Waals surface area contributed by atoms with Crippen LogP contribution in [0.4, 0.5) is 11.6 Å². The van der Waals surface area contributed by atoms with Gasteiger partial charge in [0.15, 0.2) is 5.65 Å². The topological polar surface area (TPSA) is 122 Å². The number of carbonyl (C=O) groups is 1. The van der Waals surface area contributed by atoms with E-state index in [9.17, 15) is 14.7 Å². The number of piperidine rings is 1. The Morgan fingerprint density at radius 1 is 1.18 bits per heavy atom. The van der Waals surface area contributed by atoms with Gasteiger partial charge in [0, 0.05) is 30.3 Å². The number of benzene rings is 2. The molecule has 1 fully saturated rings. The van der Waals surface area contributed by atoms with E-state index >= 15 is 0 Å². The Hall–Kier alpha value is -4.12. The van der Waals surface area contributed by atoms with Gasteiger partial charge in [-0.15, -0.1) is 0 Å². The van der Waals surface area contributed by atoms with Crippen LogP contribution in [-0.4, -0.2) is 57.2 Å². The predicted octanol–water partition coefficient (Wildman–Crippen LogP) is 3.68. The number of anilines is 2. The highest BCUT2D eigenvalue weighted by molar-refractivity contribution is 5.96. The van der Waals surface area contributed by atoms with E-state index < -0.39 is 16.9 Å². The van der Waals surface area contributed by atoms with Crippen LogP contribution < -0.4 is 16.2 Å². The van der Waals surface area contributed by atoms with E-state index in [4.69, 9.17) is 4.84 Å². The number of hydrogen-bond acceptors (Lipinski definition) is 8. The number of hydrogen-bond donors (Lipinski definition) is 3. The van der Waals surface area contributed by atoms with Crippen LogP contribution in [0.15, 0.2) is 65.7 Å². The van der Waals surface area contributed by atoms with Gasteiger partial charge in [0.05, 0.1) is 12.5 Å². The lowest BCUT2D eigenvalue weighted by Gasteiger charge is -2.39. The molecule has 0 aliphatic carbocycles. The number of nitrogens with zero attached hydrogens (tertiary/aromatic N) is 4. The van der Waals surface area contributed by atoms with E-state index in [-0.39, 0.29) is 16.9 Å². The molecule has 2 aromatic carbocycles. The van der Waals surface area contributed by atoms with Gasteiger partial charge in [-0.25, -0.2) is 10.5 Å². The lowest BCUT2D eigenvalue weighted by atomic mass is 9.85. The van der Waals surface area contributed by atoms with Crippen molar-refractivity contribution in [2.45, 2.75) is 38.7 Å². The Bertz CT molecular complexity index is 1590. The van der Waals surface area contributed by atoms with Gasteiger partial charge in [-0.2, -0.15) is 4.98 Å². The Morgan fingerprint density at radius 2 is 1.98 bits per heavy atom. The van der Waals surface area contributed by atoms with Gasteiger partial charge in [0.1, 0.15) is 11.2 Å². The molecule has 0 spiro atoms. The summed E-state index contributed by atoms with van der Waals surface area (Å²) in [6, 6.07) is 15.5. The van der Waals surface area contributed by atoms with E-state index in [2.05, 4.69) is 39.5 Å². The third-order valence-corrected chi connectivity index (χ3v) is 7.46. The molecule has 1 aliphatic heterocycles. The molecule has 1 unspecified atom stereocenters. The van der Waals surface area contributed by atoms with Gasteiger partial charge in [0.2, 0.25) is 11.4 Å². The minimum atomic E-state index is -0.930. The van der Waals surface area contributed by atoms with Crippen LogP contribution in [0.1, 0.15) is 48.2 Å². The summed E-state index contributed by atoms with van der Waals surface area (Å²) < 4.78 is 1.70. The van der Waals surface area contributed by atoms with Crippen LogP contribution in [0.25, 0.3) is 16.7 Å². The highest BCUT2D eigenvalue weighted by Gasteiger charge is 2.34. The van der Waals surface area contributed by atoms with Gasteiger partial charge >= 0.3 is 0 Å². The quantitative estimate of drug-likeness (QED) is 0.288. The zero-order valence-corrected chi connectivity index (χ0v) is 23.0. The van der Waals surface area contributed by atoms with Gasteiger partial charge in [-0.05, 0) is 67.7 Å². The van der Waals surface area contributed by atoms with Gasteiger partial charge in [-0.1, -0.05) is 38.1 Å². The number of β-amino-alcohol motifs (C(OH)–C–C–N with tert-alkyl or cyclic N) is 1. The Labute approximate surface area is 232 Å². The van der Waals surface area contributed by atoms with Crippen LogP contribution in [-0.2, 0) is 16.9 Å². The van der Waals surface area contributed by atoms with Crippen molar-refractivity contribution < 1.29 is 14.7 Å². The highest BCUT2D eigenvalue weighted by Crippen LogP contribution is 2.33. The normalized spacial score (nSPS) is 17.6. The predicted molar refractivity (Wildman–Crippen MR) is 154 cm³/mol. The number of aryl methyl sites for hydroxylation is 1. The van der Waals surface area contributed by atoms with Crippen LogP contribution in [0.5, 0.6) is 0 Å². The lowest BCUT2D eigenvalue weighted by molar-refractivity contribution is -0.0339. The molecule has 0 radical (unpaired) electrons. The van der Waals surface area contributed by atoms with Gasteiger partial charge in [-0.3, -0.25) is 14.4 Å². The lowest BCUT2D eigenvalue weighted by Crippen LogP contribution is -2.45. The number of nitrogens with one attached hydrogen (secondary N) is 2. The molecule has 1 aliphatic rings. The molecule has 3 heterocycles. The number of aromatic nitrogens is 3. The molecule has 1 atom stereocenters. The van der Waals surface area contributed by atoms with Crippen molar-refractivity contribution in [1.82, 2.24) is 24.9 Å². The first-order chi connectivity index (χ1) is 19.3. The van der Waals surface area contributed by atoms with Crippen molar-refractivity contribution in [3.8, 4) is 5.69 Å². The molecule has 208 valence electrons. The Morgan fingerprint density at radius 3 is 2.70 bits per heavy atom. The van der Waals surface area contributed by atoms with Crippen LogP contribution in [0.2, 0.25) is 0 Å². The van der Waals surface area contributed by atoms with Crippen molar-refractivity contribution in [3.63, 3.8) is 0 Å². The largest absolute Gasteiger partial charge is 0.384 e. The molecule has 10 nitrogen and oxygen atoms in total. The maximum atomic E-state index is 13.2. The summed E-state index contributed by atoms with van der Waals surface area (Å²) >= 11 is 0. The molecule has 0 bridgehead atoms. The summed E-state index contributed by atoms with van der Waals surface area (Å²) in [6.07, 6.45) is 5.40. The molecule has 4 aromatic rings. The molecule has 1 amide bonds. The first-order valence-electron chi connectivity index (χ1n) is 13.5. The SMILES string of the molecule is CCc1ccc(-n2cc(C(=O)NOC)c(=O)c3cnc(Nc4cccc(C5(O)CCCN(CC)C5)c4)nc32)cc1. The fraction of sp³-hybridized carbons (Fsp3) is 0.333. The fourth-order valence-corrected chi connectivity index (χ4v) is 5.21. The first-order valence-corrected chi connectivity index (χ1v) is 13.5. The number of rotatable bonds is 8. The molecule has 3 N–H and O–H groups in total. The molecular formula is C30H34N6O4. The number of likely N-dealkylation sites (N-methyl/N-ethyl adjacent to an activating group) is 1. The molecule has 1 saturated heterocycles. The summed E-state index contributed by atoms with van der Waals surface area (Å²) in [4.78, 5) is 41.9. The number of carbonyl (C=O) groups excluding carboxylic acids is 1. The van der Waals surface area contributed by atoms with Crippen LogP contribution >= 0.6 is 0 Å². The first kappa shape index (κ1) is 27.4. The molecule has 0 saturated carbocycles. The second-order valence-electron chi connectivity index (χ2n) is 10.0. The van der Waals surface area contributed by atoms with Gasteiger partial charge in [0.25, 0.3) is 5.91 Å². The average Bonchev–Trinajstić information content (AvgIpc) is 2.98. The Balaban J connectivity index is 1.55. The van der Waals surface area contributed by atoms with Gasteiger partial charge < -0.3 is 19.9 Å². The van der Waals surface area contributed by atoms with Crippen molar-refractivity contribution in [2.75, 3.05) is 32.1 Å². The number of pyridine rings is 1. The minimum absolute atomic E-state index is 0.0900. The average molecular weight is 543 g/mol. The molecule has 5 rings (SSSR count). The Kier molecular flexibility index (Phi) is 7.92. The molecule has 2 aromatic heterocycles. The molecular weight excluding hydrogens is 508 g/mol. The van der Waals surface area contributed by atoms with Crippen molar-refractivity contribution in [2.24, 2.45) is 0 Å². The van der Waals surface area contributed by atoms with E-state index in [0.29, 0.717) is 18.6 Å². The van der Waals surface area contributed by atoms with E-state index in [1.165, 1.54) is 19.5 Å². The third kappa shape index (κ3) is 5.46. The zero-order valence-electron chi connectivity index (χ0n) is 23.0. The molecule has 10 heteroatoms. The van der Waals surface area contributed by atoms with Crippen LogP contribution in [0.3, 0.4) is 0 Å². The third-order valence-electron chi connectivity index (χ3n) is 7.46. The molecule has 40 heavy (non-hydrogen) atoms. The number of amides is 1. The minimum Gasteiger partial charge on any atom is -0.384 e. The summed E-state index contributed by atoms with van der Waals surface area (Å²) in [5.74, 6) is -0.377. The number of likely N-dealkylation sites (tertiary alicyclic amines) is 1. The fourth-order valence-electron chi connectivity index (χ4n) is 5.21. The monoisotopic (exact) mass is 542 g/mol. The van der Waals surface area contributed by atoms with E-state index in [1.54, 1.807) is 4.57 Å². The van der Waals surface area contributed by atoms with Crippen molar-refractivity contribution >= 4 is 28.6 Å². The van der Waals surface area contributed by atoms with Crippen LogP contribution in [0, 0.1) is 0 Å².